The number of hydrogen-bond donors (Lipinski definition) is 0. The second kappa shape index (κ2) is 8.61. The number of aromatic nitrogens is 5. The number of esters is 1. The smallest absolute Gasteiger partial charge is 0.338 e. The minimum absolute atomic E-state index is 0.358. The summed E-state index contributed by atoms with van der Waals surface area (Å²) in [6, 6.07) is 12.7. The Bertz CT molecular complexity index is 979. The van der Waals surface area contributed by atoms with Crippen molar-refractivity contribution in [3.63, 3.8) is 0 Å². The lowest BCUT2D eigenvalue weighted by Gasteiger charge is -2.08. The predicted octanol–water partition coefficient (Wildman–Crippen LogP) is 2.31. The highest BCUT2D eigenvalue weighted by Crippen LogP contribution is 2.19. The van der Waals surface area contributed by atoms with Gasteiger partial charge in [-0.15, -0.1) is 10.2 Å². The Morgan fingerprint density at radius 1 is 1.19 bits per heavy atom. The van der Waals surface area contributed by atoms with Gasteiger partial charge < -0.3 is 4.74 Å². The normalized spacial score (nSPS) is 11.7. The van der Waals surface area contributed by atoms with E-state index in [-0.39, 0.29) is 0 Å². The van der Waals surface area contributed by atoms with Crippen LogP contribution in [-0.2, 0) is 11.3 Å². The number of allylic oxidation sites excluding steroid dienone is 2. The fourth-order valence-corrected chi connectivity index (χ4v) is 2.49. The number of rotatable bonds is 6. The molecule has 1 aromatic carbocycles. The molecule has 0 unspecified atom stereocenters. The van der Waals surface area contributed by atoms with Crippen molar-refractivity contribution in [1.29, 1.82) is 0 Å². The number of benzene rings is 1. The van der Waals surface area contributed by atoms with E-state index in [9.17, 15) is 4.79 Å². The first-order valence-corrected chi connectivity index (χ1v) is 8.22. The number of carbonyl (C=O) groups is 1. The van der Waals surface area contributed by atoms with E-state index < -0.39 is 5.97 Å². The zero-order valence-corrected chi connectivity index (χ0v) is 15.0. The second-order valence-electron chi connectivity index (χ2n) is 5.47. The second-order valence-corrected chi connectivity index (χ2v) is 5.47. The van der Waals surface area contributed by atoms with E-state index >= 15 is 0 Å². The van der Waals surface area contributed by atoms with Crippen LogP contribution in [0.5, 0.6) is 0 Å². The molecule has 27 heavy (non-hydrogen) atoms. The Hall–Kier alpha value is -3.68. The maximum Gasteiger partial charge on any atom is 0.338 e. The minimum Gasteiger partial charge on any atom is -0.465 e. The molecular weight excluding hydrogens is 344 g/mol. The van der Waals surface area contributed by atoms with Gasteiger partial charge in [-0.3, -0.25) is 9.98 Å². The molecule has 0 aliphatic rings. The number of ether oxygens (including phenoxy) is 1. The van der Waals surface area contributed by atoms with Crippen LogP contribution in [0, 0.1) is 0 Å². The van der Waals surface area contributed by atoms with E-state index in [1.165, 1.54) is 11.9 Å². The van der Waals surface area contributed by atoms with E-state index in [0.29, 0.717) is 23.6 Å². The van der Waals surface area contributed by atoms with E-state index in [2.05, 4.69) is 25.4 Å². The first kappa shape index (κ1) is 18.1. The molecule has 0 spiro atoms. The molecule has 0 bridgehead atoms. The van der Waals surface area contributed by atoms with Gasteiger partial charge in [-0.25, -0.2) is 4.79 Å². The summed E-state index contributed by atoms with van der Waals surface area (Å²) in [6.45, 7) is 0.358. The maximum atomic E-state index is 12.0. The molecule has 0 aliphatic heterocycles. The first-order chi connectivity index (χ1) is 13.2. The standard InChI is InChI=1S/C19H18N6O2/c1-20-13-14(15-7-3-4-8-16(15)19(26)27-2)10-12-25-23-18(22-24-25)17-9-5-6-11-21-17/h3-11,13H,12H2,1-2H3/b14-10+,20-13?. The van der Waals surface area contributed by atoms with Crippen LogP contribution in [0.15, 0.2) is 59.7 Å². The number of nitrogens with zero attached hydrogens (tertiary/aromatic N) is 6. The summed E-state index contributed by atoms with van der Waals surface area (Å²) in [5.74, 6) is 0.0435. The van der Waals surface area contributed by atoms with Crippen molar-refractivity contribution in [2.75, 3.05) is 14.2 Å². The van der Waals surface area contributed by atoms with E-state index in [1.807, 2.05) is 36.4 Å². The molecule has 8 nitrogen and oxygen atoms in total. The fourth-order valence-electron chi connectivity index (χ4n) is 2.49. The molecule has 0 radical (unpaired) electrons. The van der Waals surface area contributed by atoms with Crippen LogP contribution in [0.2, 0.25) is 0 Å². The third-order valence-electron chi connectivity index (χ3n) is 3.73. The lowest BCUT2D eigenvalue weighted by molar-refractivity contribution is 0.0600. The molecule has 2 heterocycles. The molecule has 8 heteroatoms. The number of aliphatic imine (C=N–C) groups is 1. The van der Waals surface area contributed by atoms with Gasteiger partial charge in [0.2, 0.25) is 5.82 Å². The Morgan fingerprint density at radius 2 is 1.96 bits per heavy atom. The van der Waals surface area contributed by atoms with Gasteiger partial charge in [0.25, 0.3) is 0 Å². The highest BCUT2D eigenvalue weighted by atomic mass is 16.5. The average Bonchev–Trinajstić information content (AvgIpc) is 3.20. The molecule has 0 aliphatic carbocycles. The summed E-state index contributed by atoms with van der Waals surface area (Å²) in [5.41, 5.74) is 2.60. The Morgan fingerprint density at radius 3 is 2.67 bits per heavy atom. The summed E-state index contributed by atoms with van der Waals surface area (Å²) in [5, 5.41) is 12.4. The van der Waals surface area contributed by atoms with Gasteiger partial charge >= 0.3 is 5.97 Å². The minimum atomic E-state index is -0.405. The summed E-state index contributed by atoms with van der Waals surface area (Å²) in [4.78, 5) is 21.8. The van der Waals surface area contributed by atoms with Crippen molar-refractivity contribution in [2.24, 2.45) is 4.99 Å². The Labute approximate surface area is 156 Å². The van der Waals surface area contributed by atoms with E-state index in [1.54, 1.807) is 31.6 Å². The van der Waals surface area contributed by atoms with Crippen LogP contribution in [-0.4, -0.2) is 51.5 Å². The number of pyridine rings is 1. The summed E-state index contributed by atoms with van der Waals surface area (Å²) < 4.78 is 4.86. The van der Waals surface area contributed by atoms with Gasteiger partial charge in [0.15, 0.2) is 0 Å². The third-order valence-corrected chi connectivity index (χ3v) is 3.73. The zero-order valence-electron chi connectivity index (χ0n) is 15.0. The predicted molar refractivity (Wildman–Crippen MR) is 101 cm³/mol. The summed E-state index contributed by atoms with van der Waals surface area (Å²) >= 11 is 0. The van der Waals surface area contributed by atoms with Gasteiger partial charge in [0, 0.05) is 19.5 Å². The van der Waals surface area contributed by atoms with Gasteiger partial charge in [-0.1, -0.05) is 30.3 Å². The molecule has 0 saturated heterocycles. The molecule has 136 valence electrons. The highest BCUT2D eigenvalue weighted by molar-refractivity contribution is 6.13. The van der Waals surface area contributed by atoms with Crippen LogP contribution < -0.4 is 0 Å². The van der Waals surface area contributed by atoms with Crippen LogP contribution >= 0.6 is 0 Å². The quantitative estimate of drug-likeness (QED) is 0.493. The van der Waals surface area contributed by atoms with Crippen molar-refractivity contribution in [3.05, 3.63) is 65.9 Å². The van der Waals surface area contributed by atoms with Gasteiger partial charge in [0.1, 0.15) is 5.69 Å². The van der Waals surface area contributed by atoms with Crippen molar-refractivity contribution in [3.8, 4) is 11.5 Å². The average molecular weight is 362 g/mol. The molecule has 0 N–H and O–H groups in total. The monoisotopic (exact) mass is 362 g/mol. The van der Waals surface area contributed by atoms with E-state index in [0.717, 1.165) is 11.1 Å². The van der Waals surface area contributed by atoms with Gasteiger partial charge in [-0.2, -0.15) is 4.80 Å². The number of methoxy groups -OCH3 is 1. The molecule has 0 atom stereocenters. The number of hydrogen-bond acceptors (Lipinski definition) is 7. The summed E-state index contributed by atoms with van der Waals surface area (Å²) in [6.07, 6.45) is 5.23. The first-order valence-electron chi connectivity index (χ1n) is 8.22. The molecule has 3 rings (SSSR count). The van der Waals surface area contributed by atoms with Crippen LogP contribution in [0.1, 0.15) is 15.9 Å². The third kappa shape index (κ3) is 4.30. The van der Waals surface area contributed by atoms with Crippen molar-refractivity contribution in [1.82, 2.24) is 25.2 Å². The Kier molecular flexibility index (Phi) is 5.78. The van der Waals surface area contributed by atoms with Gasteiger partial charge in [-0.05, 0) is 34.5 Å². The van der Waals surface area contributed by atoms with Crippen LogP contribution in [0.4, 0.5) is 0 Å². The molecule has 0 saturated carbocycles. The van der Waals surface area contributed by atoms with Crippen molar-refractivity contribution >= 4 is 17.8 Å². The summed E-state index contributed by atoms with van der Waals surface area (Å²) in [7, 11) is 3.02. The number of tetrazole rings is 1. The topological polar surface area (TPSA) is 95.1 Å². The lowest BCUT2D eigenvalue weighted by atomic mass is 10.00. The molecule has 0 amide bonds. The fraction of sp³-hybridized carbons (Fsp3) is 0.158. The maximum absolute atomic E-state index is 12.0. The van der Waals surface area contributed by atoms with Gasteiger partial charge in [0.05, 0.1) is 19.2 Å². The molecule has 3 aromatic rings. The molecular formula is C19H18N6O2. The molecule has 2 aromatic heterocycles. The zero-order chi connectivity index (χ0) is 19.1. The Balaban J connectivity index is 1.88. The lowest BCUT2D eigenvalue weighted by Crippen LogP contribution is -2.07. The SMILES string of the molecule is CN=C/C(=C\Cn1nnc(-c2ccccn2)n1)c1ccccc1C(=O)OC. The van der Waals surface area contributed by atoms with Crippen LogP contribution in [0.3, 0.4) is 0 Å². The van der Waals surface area contributed by atoms with E-state index in [4.69, 9.17) is 4.74 Å². The van der Waals surface area contributed by atoms with Crippen molar-refractivity contribution in [2.45, 2.75) is 6.54 Å². The van der Waals surface area contributed by atoms with Crippen LogP contribution in [0.25, 0.3) is 17.1 Å². The highest BCUT2D eigenvalue weighted by Gasteiger charge is 2.13. The van der Waals surface area contributed by atoms with Crippen molar-refractivity contribution < 1.29 is 9.53 Å². The number of carbonyl (C=O) groups excluding carboxylic acids is 1. The molecule has 0 fully saturated rings. The largest absolute Gasteiger partial charge is 0.465 e.